The number of halogens is 1. The van der Waals surface area contributed by atoms with Crippen LogP contribution in [0.1, 0.15) is 25.7 Å². The van der Waals surface area contributed by atoms with Gasteiger partial charge in [0.1, 0.15) is 0 Å². The summed E-state index contributed by atoms with van der Waals surface area (Å²) in [5.74, 6) is -0.0775. The van der Waals surface area contributed by atoms with Crippen molar-refractivity contribution in [1.82, 2.24) is 4.90 Å². The molecule has 0 spiro atoms. The van der Waals surface area contributed by atoms with Crippen LogP contribution < -0.4 is 11.1 Å². The van der Waals surface area contributed by atoms with Crippen LogP contribution in [-0.2, 0) is 4.79 Å². The molecule has 1 aliphatic rings. The van der Waals surface area contributed by atoms with Crippen molar-refractivity contribution in [3.63, 3.8) is 0 Å². The molecule has 0 unspecified atom stereocenters. The minimum Gasteiger partial charge on any atom is -0.397 e. The quantitative estimate of drug-likeness (QED) is 0.674. The van der Waals surface area contributed by atoms with Gasteiger partial charge in [-0.3, -0.25) is 9.69 Å². The molecule has 21 heavy (non-hydrogen) atoms. The first-order valence-electron chi connectivity index (χ1n) is 7.30. The predicted molar refractivity (Wildman–Crippen MR) is 85.4 cm³/mol. The van der Waals surface area contributed by atoms with Gasteiger partial charge in [0.15, 0.2) is 0 Å². The van der Waals surface area contributed by atoms with Gasteiger partial charge < -0.3 is 16.2 Å². The highest BCUT2D eigenvalue weighted by Crippen LogP contribution is 2.25. The van der Waals surface area contributed by atoms with E-state index in [1.165, 1.54) is 6.42 Å². The molecule has 1 aromatic rings. The molecule has 4 N–H and O–H groups in total. The molecule has 116 valence electrons. The SMILES string of the molecule is Nc1cc(Cl)ccc1NC(=O)CCN(CCO)C1CCC1. The molecule has 0 radical (unpaired) electrons. The van der Waals surface area contributed by atoms with Gasteiger partial charge in [-0.1, -0.05) is 18.0 Å². The summed E-state index contributed by atoms with van der Waals surface area (Å²) < 4.78 is 0. The molecular formula is C15H22ClN3O2. The smallest absolute Gasteiger partial charge is 0.225 e. The maximum absolute atomic E-state index is 12.0. The molecule has 0 heterocycles. The molecule has 0 aliphatic heterocycles. The number of nitrogens with zero attached hydrogens (tertiary/aromatic N) is 1. The van der Waals surface area contributed by atoms with Crippen LogP contribution in [0.5, 0.6) is 0 Å². The largest absolute Gasteiger partial charge is 0.397 e. The Morgan fingerprint density at radius 3 is 2.76 bits per heavy atom. The highest BCUT2D eigenvalue weighted by molar-refractivity contribution is 6.31. The third kappa shape index (κ3) is 4.59. The highest BCUT2D eigenvalue weighted by Gasteiger charge is 2.24. The maximum Gasteiger partial charge on any atom is 0.225 e. The maximum atomic E-state index is 12.0. The van der Waals surface area contributed by atoms with Gasteiger partial charge in [-0.2, -0.15) is 0 Å². The van der Waals surface area contributed by atoms with E-state index in [0.29, 0.717) is 41.9 Å². The third-order valence-electron chi connectivity index (χ3n) is 3.89. The monoisotopic (exact) mass is 311 g/mol. The van der Waals surface area contributed by atoms with Crippen molar-refractivity contribution in [2.45, 2.75) is 31.7 Å². The molecule has 1 aliphatic carbocycles. The van der Waals surface area contributed by atoms with Gasteiger partial charge in [0.25, 0.3) is 0 Å². The number of hydrogen-bond donors (Lipinski definition) is 3. The fourth-order valence-electron chi connectivity index (χ4n) is 2.46. The van der Waals surface area contributed by atoms with Gasteiger partial charge in [0.2, 0.25) is 5.91 Å². The lowest BCUT2D eigenvalue weighted by atomic mass is 9.91. The van der Waals surface area contributed by atoms with E-state index in [1.807, 2.05) is 0 Å². The van der Waals surface area contributed by atoms with E-state index in [2.05, 4.69) is 10.2 Å². The second kappa shape index (κ2) is 7.64. The van der Waals surface area contributed by atoms with Crippen molar-refractivity contribution in [1.29, 1.82) is 0 Å². The molecule has 0 saturated heterocycles. The van der Waals surface area contributed by atoms with E-state index in [9.17, 15) is 4.79 Å². The van der Waals surface area contributed by atoms with Gasteiger partial charge in [-0.15, -0.1) is 0 Å². The molecule has 0 aromatic heterocycles. The molecule has 0 bridgehead atoms. The zero-order valence-corrected chi connectivity index (χ0v) is 12.8. The summed E-state index contributed by atoms with van der Waals surface area (Å²) >= 11 is 5.83. The number of carbonyl (C=O) groups is 1. The number of nitrogen functional groups attached to an aromatic ring is 1. The Labute approximate surface area is 130 Å². The summed E-state index contributed by atoms with van der Waals surface area (Å²) in [6.07, 6.45) is 3.94. The first-order chi connectivity index (χ1) is 10.1. The number of benzene rings is 1. The Morgan fingerprint density at radius 1 is 1.43 bits per heavy atom. The number of aliphatic hydroxyl groups excluding tert-OH is 1. The van der Waals surface area contributed by atoms with Gasteiger partial charge in [-0.05, 0) is 31.0 Å². The van der Waals surface area contributed by atoms with Crippen molar-refractivity contribution in [3.8, 4) is 0 Å². The number of amides is 1. The average Bonchev–Trinajstić information content (AvgIpc) is 2.37. The fourth-order valence-corrected chi connectivity index (χ4v) is 2.64. The molecule has 6 heteroatoms. The van der Waals surface area contributed by atoms with Crippen LogP contribution in [0.4, 0.5) is 11.4 Å². The summed E-state index contributed by atoms with van der Waals surface area (Å²) in [7, 11) is 0. The van der Waals surface area contributed by atoms with Gasteiger partial charge in [-0.25, -0.2) is 0 Å². The molecular weight excluding hydrogens is 290 g/mol. The number of nitrogens with two attached hydrogens (primary N) is 1. The first kappa shape index (κ1) is 16.1. The second-order valence-electron chi connectivity index (χ2n) is 5.37. The van der Waals surface area contributed by atoms with Gasteiger partial charge in [0, 0.05) is 30.6 Å². The molecule has 0 atom stereocenters. The molecule has 1 aromatic carbocycles. The molecule has 1 saturated carbocycles. The Kier molecular flexibility index (Phi) is 5.85. The lowest BCUT2D eigenvalue weighted by Gasteiger charge is -2.37. The number of hydrogen-bond acceptors (Lipinski definition) is 4. The number of rotatable bonds is 7. The minimum atomic E-state index is -0.0775. The summed E-state index contributed by atoms with van der Waals surface area (Å²) in [5.41, 5.74) is 6.85. The van der Waals surface area contributed by atoms with E-state index >= 15 is 0 Å². The highest BCUT2D eigenvalue weighted by atomic mass is 35.5. The van der Waals surface area contributed by atoms with Crippen LogP contribution in [0.15, 0.2) is 18.2 Å². The lowest BCUT2D eigenvalue weighted by Crippen LogP contribution is -2.43. The van der Waals surface area contributed by atoms with Crippen LogP contribution >= 0.6 is 11.6 Å². The van der Waals surface area contributed by atoms with Crippen LogP contribution in [0.25, 0.3) is 0 Å². The Hall–Kier alpha value is -1.30. The first-order valence-corrected chi connectivity index (χ1v) is 7.67. The van der Waals surface area contributed by atoms with E-state index in [-0.39, 0.29) is 12.5 Å². The Bertz CT molecular complexity index is 492. The zero-order chi connectivity index (χ0) is 15.2. The normalized spacial score (nSPS) is 15.0. The van der Waals surface area contributed by atoms with Crippen LogP contribution in [0, 0.1) is 0 Å². The summed E-state index contributed by atoms with van der Waals surface area (Å²) in [6.45, 7) is 1.41. The van der Waals surface area contributed by atoms with Crippen LogP contribution in [-0.4, -0.2) is 41.7 Å². The molecule has 1 amide bonds. The fraction of sp³-hybridized carbons (Fsp3) is 0.533. The van der Waals surface area contributed by atoms with Crippen LogP contribution in [0.2, 0.25) is 5.02 Å². The average molecular weight is 312 g/mol. The van der Waals surface area contributed by atoms with Gasteiger partial charge >= 0.3 is 0 Å². The number of nitrogens with one attached hydrogen (secondary N) is 1. The molecule has 2 rings (SSSR count). The van der Waals surface area contributed by atoms with E-state index in [1.54, 1.807) is 18.2 Å². The third-order valence-corrected chi connectivity index (χ3v) is 4.13. The Balaban J connectivity index is 1.83. The lowest BCUT2D eigenvalue weighted by molar-refractivity contribution is -0.116. The zero-order valence-electron chi connectivity index (χ0n) is 12.0. The van der Waals surface area contributed by atoms with E-state index in [0.717, 1.165) is 12.8 Å². The summed E-state index contributed by atoms with van der Waals surface area (Å²) in [4.78, 5) is 14.2. The standard InChI is InChI=1S/C15H22ClN3O2/c16-11-4-5-14(13(17)10-11)18-15(21)6-7-19(8-9-20)12-2-1-3-12/h4-5,10,12,20H,1-3,6-9,17H2,(H,18,21). The van der Waals surface area contributed by atoms with Crippen molar-refractivity contribution in [3.05, 3.63) is 23.2 Å². The van der Waals surface area contributed by atoms with Crippen molar-refractivity contribution in [2.24, 2.45) is 0 Å². The molecule has 5 nitrogen and oxygen atoms in total. The molecule has 1 fully saturated rings. The number of carbonyl (C=O) groups excluding carboxylic acids is 1. The predicted octanol–water partition coefficient (Wildman–Crippen LogP) is 2.10. The topological polar surface area (TPSA) is 78.6 Å². The van der Waals surface area contributed by atoms with Crippen LogP contribution in [0.3, 0.4) is 0 Å². The summed E-state index contributed by atoms with van der Waals surface area (Å²) in [6, 6.07) is 5.53. The number of anilines is 2. The second-order valence-corrected chi connectivity index (χ2v) is 5.81. The van der Waals surface area contributed by atoms with Crippen molar-refractivity contribution >= 4 is 28.9 Å². The van der Waals surface area contributed by atoms with Crippen molar-refractivity contribution in [2.75, 3.05) is 30.7 Å². The minimum absolute atomic E-state index is 0.0775. The number of aliphatic hydroxyl groups is 1. The van der Waals surface area contributed by atoms with E-state index in [4.69, 9.17) is 22.4 Å². The Morgan fingerprint density at radius 2 is 2.19 bits per heavy atom. The summed E-state index contributed by atoms with van der Waals surface area (Å²) in [5, 5.41) is 12.4. The van der Waals surface area contributed by atoms with Crippen molar-refractivity contribution < 1.29 is 9.90 Å². The van der Waals surface area contributed by atoms with Gasteiger partial charge in [0.05, 0.1) is 18.0 Å². The van der Waals surface area contributed by atoms with E-state index < -0.39 is 0 Å².